The van der Waals surface area contributed by atoms with Gasteiger partial charge in [-0.1, -0.05) is 6.92 Å². The molecule has 0 aliphatic rings. The number of thiol groups is 1. The second-order valence-electron chi connectivity index (χ2n) is 1.43. The molecule has 1 N–H and O–H groups in total. The second-order valence-corrected chi connectivity index (χ2v) is 1.87. The number of hydrogen-bond acceptors (Lipinski definition) is 2. The maximum atomic E-state index is 10.4. The fourth-order valence-corrected chi connectivity index (χ4v) is 0.432. The van der Waals surface area contributed by atoms with Crippen LogP contribution in [0.3, 0.4) is 0 Å². The van der Waals surface area contributed by atoms with E-state index in [0.717, 1.165) is 0 Å². The van der Waals surface area contributed by atoms with Gasteiger partial charge in [0.2, 0.25) is 5.91 Å². The summed E-state index contributed by atoms with van der Waals surface area (Å²) < 4.78 is 0. The highest BCUT2D eigenvalue weighted by Gasteiger charge is 1.90. The lowest BCUT2D eigenvalue weighted by atomic mass is 10.4. The second kappa shape index (κ2) is 4.97. The minimum absolute atomic E-state index is 0.0963. The molecule has 0 atom stereocenters. The van der Waals surface area contributed by atoms with Crippen LogP contribution in [0.2, 0.25) is 0 Å². The molecule has 0 aromatic heterocycles. The van der Waals surface area contributed by atoms with Gasteiger partial charge in [0.05, 0.1) is 0 Å². The Hall–Kier alpha value is -0.180. The fraction of sp³-hybridized carbons (Fsp3) is 0.800. The summed E-state index contributed by atoms with van der Waals surface area (Å²) in [6, 6.07) is 0. The smallest absolute Gasteiger partial charge is 0.219 e. The van der Waals surface area contributed by atoms with E-state index >= 15 is 0 Å². The Bertz CT molecular complexity index is 74.8. The maximum Gasteiger partial charge on any atom is 0.219 e. The Morgan fingerprint density at radius 1 is 1.75 bits per heavy atom. The molecule has 48 valence electrons. The van der Waals surface area contributed by atoms with Gasteiger partial charge in [-0.15, -0.1) is 0 Å². The summed E-state index contributed by atoms with van der Waals surface area (Å²) in [5, 5.41) is 2.67. The average molecular weight is 133 g/mol. The molecule has 0 aromatic carbocycles. The summed E-state index contributed by atoms with van der Waals surface area (Å²) in [7, 11) is 0. The summed E-state index contributed by atoms with van der Waals surface area (Å²) in [6.45, 7) is 2.50. The van der Waals surface area contributed by atoms with Crippen molar-refractivity contribution in [3.05, 3.63) is 0 Å². The Labute approximate surface area is 55.1 Å². The van der Waals surface area contributed by atoms with Crippen LogP contribution in [0.15, 0.2) is 0 Å². The third-order valence-electron chi connectivity index (χ3n) is 0.755. The first kappa shape index (κ1) is 7.82. The summed E-state index contributed by atoms with van der Waals surface area (Å²) in [5.41, 5.74) is 0. The normalized spacial score (nSPS) is 8.75. The van der Waals surface area contributed by atoms with E-state index < -0.39 is 0 Å². The molecule has 0 saturated carbocycles. The van der Waals surface area contributed by atoms with Crippen LogP contribution >= 0.6 is 12.6 Å². The molecule has 0 fully saturated rings. The van der Waals surface area contributed by atoms with Crippen LogP contribution in [0.4, 0.5) is 0 Å². The Balaban J connectivity index is 2.99. The summed E-state index contributed by atoms with van der Waals surface area (Å²) in [5.74, 6) is 0.810. The van der Waals surface area contributed by atoms with Gasteiger partial charge in [0.25, 0.3) is 0 Å². The van der Waals surface area contributed by atoms with E-state index in [9.17, 15) is 4.79 Å². The molecule has 0 heterocycles. The molecule has 0 saturated heterocycles. The molecule has 0 aliphatic heterocycles. The van der Waals surface area contributed by atoms with Crippen LogP contribution in [0.1, 0.15) is 13.3 Å². The van der Waals surface area contributed by atoms with Gasteiger partial charge in [-0.05, 0) is 0 Å². The van der Waals surface area contributed by atoms with Gasteiger partial charge in [-0.2, -0.15) is 12.6 Å². The lowest BCUT2D eigenvalue weighted by Gasteiger charge is -1.96. The molecule has 0 rings (SSSR count). The number of nitrogens with one attached hydrogen (secondary N) is 1. The lowest BCUT2D eigenvalue weighted by molar-refractivity contribution is -0.120. The van der Waals surface area contributed by atoms with Crippen molar-refractivity contribution in [1.29, 1.82) is 0 Å². The summed E-state index contributed by atoms with van der Waals surface area (Å²) in [6.07, 6.45) is 0.563. The predicted octanol–water partition coefficient (Wildman–Crippen LogP) is 0.442. The third kappa shape index (κ3) is 3.99. The van der Waals surface area contributed by atoms with Crippen molar-refractivity contribution in [1.82, 2.24) is 5.32 Å². The lowest BCUT2D eigenvalue weighted by Crippen LogP contribution is -2.23. The van der Waals surface area contributed by atoms with Crippen molar-refractivity contribution < 1.29 is 4.79 Å². The molecular formula is C5H11NOS. The topological polar surface area (TPSA) is 29.1 Å². The molecule has 0 spiro atoms. The van der Waals surface area contributed by atoms with Crippen molar-refractivity contribution in [2.24, 2.45) is 0 Å². The van der Waals surface area contributed by atoms with Gasteiger partial charge >= 0.3 is 0 Å². The van der Waals surface area contributed by atoms with Gasteiger partial charge in [0.15, 0.2) is 0 Å². The van der Waals surface area contributed by atoms with E-state index in [0.29, 0.717) is 18.7 Å². The predicted molar refractivity (Wildman–Crippen MR) is 37.2 cm³/mol. The van der Waals surface area contributed by atoms with Crippen LogP contribution in [0.5, 0.6) is 0 Å². The molecular weight excluding hydrogens is 122 g/mol. The minimum Gasteiger partial charge on any atom is -0.355 e. The molecule has 0 bridgehead atoms. The first-order valence-corrected chi connectivity index (χ1v) is 3.32. The van der Waals surface area contributed by atoms with E-state index in [1.54, 1.807) is 0 Å². The molecule has 1 amide bonds. The largest absolute Gasteiger partial charge is 0.355 e. The van der Waals surface area contributed by atoms with E-state index in [1.807, 2.05) is 6.92 Å². The Kier molecular flexibility index (Phi) is 4.85. The van der Waals surface area contributed by atoms with E-state index in [4.69, 9.17) is 0 Å². The van der Waals surface area contributed by atoms with Crippen LogP contribution in [0, 0.1) is 0 Å². The zero-order chi connectivity index (χ0) is 6.41. The van der Waals surface area contributed by atoms with E-state index in [1.165, 1.54) is 0 Å². The molecule has 0 aromatic rings. The molecule has 0 radical (unpaired) electrons. The van der Waals surface area contributed by atoms with Crippen LogP contribution in [-0.2, 0) is 4.79 Å². The number of amides is 1. The highest BCUT2D eigenvalue weighted by molar-refractivity contribution is 7.80. The molecule has 3 heteroatoms. The van der Waals surface area contributed by atoms with Crippen LogP contribution in [-0.4, -0.2) is 18.2 Å². The Morgan fingerprint density at radius 2 is 2.38 bits per heavy atom. The highest BCUT2D eigenvalue weighted by atomic mass is 32.1. The molecule has 0 aliphatic carbocycles. The monoisotopic (exact) mass is 133 g/mol. The number of rotatable bonds is 3. The fourth-order valence-electron chi connectivity index (χ4n) is 0.320. The molecule has 2 nitrogen and oxygen atoms in total. The van der Waals surface area contributed by atoms with Crippen LogP contribution in [0.25, 0.3) is 0 Å². The number of hydrogen-bond donors (Lipinski definition) is 2. The maximum absolute atomic E-state index is 10.4. The molecule has 8 heavy (non-hydrogen) atoms. The zero-order valence-electron chi connectivity index (χ0n) is 4.98. The van der Waals surface area contributed by atoms with Gasteiger partial charge in [-0.25, -0.2) is 0 Å². The number of carbonyl (C=O) groups excluding carboxylic acids is 1. The van der Waals surface area contributed by atoms with Crippen molar-refractivity contribution in [2.75, 3.05) is 12.3 Å². The van der Waals surface area contributed by atoms with Gasteiger partial charge in [-0.3, -0.25) is 4.79 Å². The van der Waals surface area contributed by atoms with Crippen molar-refractivity contribution in [3.63, 3.8) is 0 Å². The van der Waals surface area contributed by atoms with Gasteiger partial charge < -0.3 is 5.32 Å². The van der Waals surface area contributed by atoms with Crippen molar-refractivity contribution in [2.45, 2.75) is 13.3 Å². The van der Waals surface area contributed by atoms with Gasteiger partial charge in [0, 0.05) is 18.7 Å². The minimum atomic E-state index is 0.0963. The van der Waals surface area contributed by atoms with Gasteiger partial charge in [0.1, 0.15) is 0 Å². The first-order chi connectivity index (χ1) is 3.81. The quantitative estimate of drug-likeness (QED) is 0.537. The standard InChI is InChI=1S/C5H11NOS/c1-2-5(7)6-3-4-8/h8H,2-4H2,1H3,(H,6,7). The van der Waals surface area contributed by atoms with E-state index in [-0.39, 0.29) is 5.91 Å². The van der Waals surface area contributed by atoms with Crippen LogP contribution < -0.4 is 5.32 Å². The zero-order valence-corrected chi connectivity index (χ0v) is 5.87. The average Bonchev–Trinajstić information content (AvgIpc) is 1.83. The third-order valence-corrected chi connectivity index (χ3v) is 0.979. The highest BCUT2D eigenvalue weighted by Crippen LogP contribution is 1.74. The van der Waals surface area contributed by atoms with E-state index in [2.05, 4.69) is 17.9 Å². The summed E-state index contributed by atoms with van der Waals surface area (Å²) >= 11 is 3.92. The SMILES string of the molecule is CCC(=O)NCCS. The first-order valence-electron chi connectivity index (χ1n) is 2.68. The number of carbonyl (C=O) groups is 1. The summed E-state index contributed by atoms with van der Waals surface area (Å²) in [4.78, 5) is 10.4. The Morgan fingerprint density at radius 3 is 2.75 bits per heavy atom. The van der Waals surface area contributed by atoms with Crippen molar-refractivity contribution in [3.8, 4) is 0 Å². The molecule has 0 unspecified atom stereocenters. The van der Waals surface area contributed by atoms with Crippen molar-refractivity contribution >= 4 is 18.5 Å².